The molecule has 1 fully saturated rings. The van der Waals surface area contributed by atoms with Crippen LogP contribution in [0, 0.1) is 6.92 Å². The van der Waals surface area contributed by atoms with Crippen LogP contribution in [0.15, 0.2) is 24.3 Å². The van der Waals surface area contributed by atoms with Crippen LogP contribution in [0.1, 0.15) is 25.3 Å². The summed E-state index contributed by atoms with van der Waals surface area (Å²) in [5.41, 5.74) is 1.07. The van der Waals surface area contributed by atoms with E-state index in [0.29, 0.717) is 31.9 Å². The van der Waals surface area contributed by atoms with Crippen molar-refractivity contribution >= 4 is 11.9 Å². The van der Waals surface area contributed by atoms with Gasteiger partial charge >= 0.3 is 5.97 Å². The molecule has 1 amide bonds. The van der Waals surface area contributed by atoms with Crippen LogP contribution < -0.4 is 4.74 Å². The monoisotopic (exact) mass is 321 g/mol. The van der Waals surface area contributed by atoms with Crippen LogP contribution >= 0.6 is 0 Å². The Balaban J connectivity index is 1.99. The second kappa shape index (κ2) is 7.97. The Morgan fingerprint density at radius 3 is 2.91 bits per heavy atom. The Hall–Kier alpha value is -2.08. The summed E-state index contributed by atoms with van der Waals surface area (Å²) in [4.78, 5) is 25.1. The van der Waals surface area contributed by atoms with Gasteiger partial charge in [0.2, 0.25) is 0 Å². The van der Waals surface area contributed by atoms with E-state index in [1.165, 1.54) is 0 Å². The van der Waals surface area contributed by atoms with E-state index >= 15 is 0 Å². The van der Waals surface area contributed by atoms with Crippen molar-refractivity contribution in [2.24, 2.45) is 0 Å². The molecule has 0 saturated carbocycles. The van der Waals surface area contributed by atoms with E-state index in [1.807, 2.05) is 38.1 Å². The fourth-order valence-corrected chi connectivity index (χ4v) is 2.60. The zero-order valence-corrected chi connectivity index (χ0v) is 13.5. The second-order valence-corrected chi connectivity index (χ2v) is 5.71. The molecule has 23 heavy (non-hydrogen) atoms. The van der Waals surface area contributed by atoms with Crippen LogP contribution in [0.25, 0.3) is 0 Å². The molecular weight excluding hydrogens is 298 g/mol. The van der Waals surface area contributed by atoms with Crippen LogP contribution in [-0.4, -0.2) is 53.8 Å². The third-order valence-electron chi connectivity index (χ3n) is 3.77. The van der Waals surface area contributed by atoms with Gasteiger partial charge < -0.3 is 19.5 Å². The summed E-state index contributed by atoms with van der Waals surface area (Å²) in [7, 11) is 0. The van der Waals surface area contributed by atoms with Crippen molar-refractivity contribution in [2.75, 3.05) is 19.7 Å². The number of rotatable bonds is 6. The van der Waals surface area contributed by atoms with Crippen molar-refractivity contribution in [3.8, 4) is 5.75 Å². The van der Waals surface area contributed by atoms with E-state index in [4.69, 9.17) is 14.6 Å². The maximum Gasteiger partial charge on any atom is 0.306 e. The Morgan fingerprint density at radius 1 is 1.48 bits per heavy atom. The van der Waals surface area contributed by atoms with E-state index < -0.39 is 18.2 Å². The number of hydrogen-bond acceptors (Lipinski definition) is 4. The largest absolute Gasteiger partial charge is 0.481 e. The van der Waals surface area contributed by atoms with Gasteiger partial charge in [-0.2, -0.15) is 0 Å². The van der Waals surface area contributed by atoms with Crippen LogP contribution in [0.2, 0.25) is 0 Å². The molecule has 1 aromatic carbocycles. The second-order valence-electron chi connectivity index (χ2n) is 5.71. The lowest BCUT2D eigenvalue weighted by atomic mass is 10.1. The number of aliphatic carboxylic acids is 1. The minimum atomic E-state index is -0.924. The summed E-state index contributed by atoms with van der Waals surface area (Å²) in [6, 6.07) is 7.57. The minimum Gasteiger partial charge on any atom is -0.481 e. The van der Waals surface area contributed by atoms with Crippen molar-refractivity contribution in [2.45, 2.75) is 38.9 Å². The molecule has 1 heterocycles. The highest BCUT2D eigenvalue weighted by molar-refractivity contribution is 5.81. The number of morpholine rings is 1. The molecule has 6 heteroatoms. The smallest absolute Gasteiger partial charge is 0.306 e. The lowest BCUT2D eigenvalue weighted by Gasteiger charge is -2.34. The standard InChI is InChI=1S/C17H23NO5/c1-3-15(23-13-6-4-5-12(2)9-13)17(21)18-7-8-22-14(11-18)10-16(19)20/h4-6,9,14-15H,3,7-8,10-11H2,1-2H3,(H,19,20). The number of benzene rings is 1. The Bertz CT molecular complexity index is 560. The third kappa shape index (κ3) is 4.96. The summed E-state index contributed by atoms with van der Waals surface area (Å²) in [5, 5.41) is 8.86. The number of ether oxygens (including phenoxy) is 2. The first-order valence-corrected chi connectivity index (χ1v) is 7.85. The maximum absolute atomic E-state index is 12.6. The molecule has 1 aliphatic rings. The lowest BCUT2D eigenvalue weighted by Crippen LogP contribution is -2.50. The van der Waals surface area contributed by atoms with Gasteiger partial charge in [-0.25, -0.2) is 0 Å². The van der Waals surface area contributed by atoms with E-state index in [2.05, 4.69) is 0 Å². The number of carbonyl (C=O) groups excluding carboxylic acids is 1. The molecule has 2 atom stereocenters. The van der Waals surface area contributed by atoms with Gasteiger partial charge in [-0.1, -0.05) is 19.1 Å². The lowest BCUT2D eigenvalue weighted by molar-refractivity contribution is -0.151. The molecule has 0 aliphatic carbocycles. The summed E-state index contributed by atoms with van der Waals surface area (Å²) < 4.78 is 11.2. The van der Waals surface area contributed by atoms with Gasteiger partial charge in [-0.05, 0) is 31.0 Å². The topological polar surface area (TPSA) is 76.1 Å². The van der Waals surface area contributed by atoms with Crippen molar-refractivity contribution < 1.29 is 24.2 Å². The van der Waals surface area contributed by atoms with Crippen LogP contribution in [0.3, 0.4) is 0 Å². The number of carboxylic acid groups (broad SMARTS) is 1. The Kier molecular flexibility index (Phi) is 5.98. The Labute approximate surface area is 136 Å². The molecule has 6 nitrogen and oxygen atoms in total. The minimum absolute atomic E-state index is 0.0979. The molecule has 1 aromatic rings. The van der Waals surface area contributed by atoms with Gasteiger partial charge in [-0.15, -0.1) is 0 Å². The van der Waals surface area contributed by atoms with Crippen LogP contribution in [-0.2, 0) is 14.3 Å². The molecule has 0 radical (unpaired) electrons. The van der Waals surface area contributed by atoms with E-state index in [0.717, 1.165) is 5.56 Å². The molecule has 1 N–H and O–H groups in total. The highest BCUT2D eigenvalue weighted by atomic mass is 16.5. The first kappa shape index (κ1) is 17.3. The van der Waals surface area contributed by atoms with Crippen molar-refractivity contribution in [3.05, 3.63) is 29.8 Å². The Morgan fingerprint density at radius 2 is 2.26 bits per heavy atom. The molecule has 126 valence electrons. The molecule has 1 aliphatic heterocycles. The first-order chi connectivity index (χ1) is 11.0. The number of nitrogens with zero attached hydrogens (tertiary/aromatic N) is 1. The average molecular weight is 321 g/mol. The predicted molar refractivity (Wildman–Crippen MR) is 84.5 cm³/mol. The fraction of sp³-hybridized carbons (Fsp3) is 0.529. The van der Waals surface area contributed by atoms with Gasteiger partial charge in [0.05, 0.1) is 19.1 Å². The van der Waals surface area contributed by atoms with Crippen LogP contribution in [0.4, 0.5) is 0 Å². The molecule has 0 spiro atoms. The fourth-order valence-electron chi connectivity index (χ4n) is 2.60. The zero-order valence-electron chi connectivity index (χ0n) is 13.5. The SMILES string of the molecule is CCC(Oc1cccc(C)c1)C(=O)N1CCOC(CC(=O)O)C1. The van der Waals surface area contributed by atoms with Gasteiger partial charge in [0.1, 0.15) is 5.75 Å². The molecule has 1 saturated heterocycles. The molecular formula is C17H23NO5. The maximum atomic E-state index is 12.6. The van der Waals surface area contributed by atoms with Crippen molar-refractivity contribution in [3.63, 3.8) is 0 Å². The van der Waals surface area contributed by atoms with Gasteiger partial charge in [0.15, 0.2) is 6.10 Å². The molecule has 0 bridgehead atoms. The number of hydrogen-bond donors (Lipinski definition) is 1. The van der Waals surface area contributed by atoms with Crippen LogP contribution in [0.5, 0.6) is 5.75 Å². The van der Waals surface area contributed by atoms with E-state index in [9.17, 15) is 9.59 Å². The normalized spacial score (nSPS) is 19.2. The quantitative estimate of drug-likeness (QED) is 0.865. The van der Waals surface area contributed by atoms with Gasteiger partial charge in [0, 0.05) is 13.1 Å². The van der Waals surface area contributed by atoms with E-state index in [1.54, 1.807) is 4.90 Å². The highest BCUT2D eigenvalue weighted by Crippen LogP contribution is 2.18. The number of amides is 1. The van der Waals surface area contributed by atoms with Crippen molar-refractivity contribution in [1.29, 1.82) is 0 Å². The first-order valence-electron chi connectivity index (χ1n) is 7.85. The highest BCUT2D eigenvalue weighted by Gasteiger charge is 2.30. The van der Waals surface area contributed by atoms with Gasteiger partial charge in [0.25, 0.3) is 5.91 Å². The zero-order chi connectivity index (χ0) is 16.8. The van der Waals surface area contributed by atoms with E-state index in [-0.39, 0.29) is 12.3 Å². The van der Waals surface area contributed by atoms with Crippen molar-refractivity contribution in [1.82, 2.24) is 4.90 Å². The third-order valence-corrected chi connectivity index (χ3v) is 3.77. The molecule has 0 aromatic heterocycles. The average Bonchev–Trinajstić information content (AvgIpc) is 2.51. The number of carbonyl (C=O) groups is 2. The predicted octanol–water partition coefficient (Wildman–Crippen LogP) is 1.85. The summed E-state index contributed by atoms with van der Waals surface area (Å²) >= 11 is 0. The number of carboxylic acids is 1. The summed E-state index contributed by atoms with van der Waals surface area (Å²) in [5.74, 6) is -0.374. The summed E-state index contributed by atoms with van der Waals surface area (Å²) in [6.45, 7) is 4.97. The molecule has 2 unspecified atom stereocenters. The number of aryl methyl sites for hydroxylation is 1. The van der Waals surface area contributed by atoms with Gasteiger partial charge in [-0.3, -0.25) is 9.59 Å². The molecule has 2 rings (SSSR count). The summed E-state index contributed by atoms with van der Waals surface area (Å²) in [6.07, 6.45) is -0.574.